The highest BCUT2D eigenvalue weighted by molar-refractivity contribution is 5.86. The summed E-state index contributed by atoms with van der Waals surface area (Å²) in [7, 11) is 1.46. The van der Waals surface area contributed by atoms with Crippen LogP contribution in [-0.4, -0.2) is 30.9 Å². The number of nitrogens with one attached hydrogen (secondary N) is 1. The molecule has 3 aromatic rings. The highest BCUT2D eigenvalue weighted by Gasteiger charge is 2.06. The number of aromatic hydroxyl groups is 1. The summed E-state index contributed by atoms with van der Waals surface area (Å²) in [5.74, 6) is 1.08. The van der Waals surface area contributed by atoms with E-state index >= 15 is 0 Å². The van der Waals surface area contributed by atoms with Gasteiger partial charge in [-0.25, -0.2) is 5.43 Å². The maximum absolute atomic E-state index is 11.9. The highest BCUT2D eigenvalue weighted by Crippen LogP contribution is 2.27. The minimum Gasteiger partial charge on any atom is -0.504 e. The smallest absolute Gasteiger partial charge is 0.277 e. The van der Waals surface area contributed by atoms with E-state index in [1.54, 1.807) is 42.5 Å². The van der Waals surface area contributed by atoms with E-state index in [0.717, 1.165) is 5.56 Å². The van der Waals surface area contributed by atoms with Gasteiger partial charge in [0, 0.05) is 5.56 Å². The van der Waals surface area contributed by atoms with Crippen molar-refractivity contribution in [3.05, 3.63) is 83.9 Å². The van der Waals surface area contributed by atoms with Crippen LogP contribution in [-0.2, 0) is 11.4 Å². The fourth-order valence-electron chi connectivity index (χ4n) is 2.54. The molecule has 3 aromatic carbocycles. The van der Waals surface area contributed by atoms with E-state index in [4.69, 9.17) is 14.2 Å². The molecule has 7 nitrogen and oxygen atoms in total. The minimum absolute atomic E-state index is 0.0520. The van der Waals surface area contributed by atoms with Crippen molar-refractivity contribution in [2.24, 2.45) is 5.10 Å². The van der Waals surface area contributed by atoms with Gasteiger partial charge in [0.15, 0.2) is 18.1 Å². The van der Waals surface area contributed by atoms with Gasteiger partial charge in [-0.3, -0.25) is 4.79 Å². The second-order valence-electron chi connectivity index (χ2n) is 6.23. The van der Waals surface area contributed by atoms with E-state index in [0.29, 0.717) is 29.4 Å². The van der Waals surface area contributed by atoms with Gasteiger partial charge in [-0.15, -0.1) is 0 Å². The first-order valence-electron chi connectivity index (χ1n) is 9.23. The molecule has 0 spiro atoms. The molecule has 3 rings (SSSR count). The fourth-order valence-corrected chi connectivity index (χ4v) is 2.54. The lowest BCUT2D eigenvalue weighted by Crippen LogP contribution is -2.24. The Morgan fingerprint density at radius 2 is 1.67 bits per heavy atom. The summed E-state index contributed by atoms with van der Waals surface area (Å²) >= 11 is 0. The van der Waals surface area contributed by atoms with E-state index in [-0.39, 0.29) is 12.4 Å². The summed E-state index contributed by atoms with van der Waals surface area (Å²) in [6.07, 6.45) is 1.33. The van der Waals surface area contributed by atoms with Gasteiger partial charge < -0.3 is 19.3 Å². The lowest BCUT2D eigenvalue weighted by Gasteiger charge is -2.08. The van der Waals surface area contributed by atoms with Crippen molar-refractivity contribution in [1.82, 2.24) is 5.43 Å². The monoisotopic (exact) mass is 406 g/mol. The summed E-state index contributed by atoms with van der Waals surface area (Å²) in [5.41, 5.74) is 3.84. The molecule has 0 heterocycles. The number of carbonyl (C=O) groups excluding carboxylic acids is 1. The van der Waals surface area contributed by atoms with E-state index in [1.165, 1.54) is 13.3 Å². The summed E-state index contributed by atoms with van der Waals surface area (Å²) in [6, 6.07) is 21.9. The zero-order chi connectivity index (χ0) is 21.2. The molecule has 0 fully saturated rings. The Morgan fingerprint density at radius 3 is 2.37 bits per heavy atom. The van der Waals surface area contributed by atoms with Crippen LogP contribution in [0.4, 0.5) is 0 Å². The Balaban J connectivity index is 1.43. The van der Waals surface area contributed by atoms with Crippen molar-refractivity contribution in [3.8, 4) is 23.0 Å². The first kappa shape index (κ1) is 20.7. The van der Waals surface area contributed by atoms with Crippen LogP contribution in [0.25, 0.3) is 0 Å². The van der Waals surface area contributed by atoms with Gasteiger partial charge in [-0.1, -0.05) is 36.4 Å². The number of hydrogen-bond acceptors (Lipinski definition) is 6. The highest BCUT2D eigenvalue weighted by atomic mass is 16.5. The van der Waals surface area contributed by atoms with Crippen molar-refractivity contribution >= 4 is 12.1 Å². The molecule has 0 aliphatic carbocycles. The first-order chi connectivity index (χ1) is 14.7. The molecule has 1 amide bonds. The topological polar surface area (TPSA) is 89.4 Å². The molecular formula is C23H22N2O5. The van der Waals surface area contributed by atoms with Gasteiger partial charge in [0.2, 0.25) is 0 Å². The Kier molecular flexibility index (Phi) is 7.27. The number of benzene rings is 3. The molecule has 7 heteroatoms. The molecule has 0 radical (unpaired) electrons. The van der Waals surface area contributed by atoms with Gasteiger partial charge in [0.25, 0.3) is 5.91 Å². The van der Waals surface area contributed by atoms with Crippen LogP contribution < -0.4 is 19.6 Å². The van der Waals surface area contributed by atoms with Gasteiger partial charge >= 0.3 is 0 Å². The maximum atomic E-state index is 11.9. The number of nitrogens with zero attached hydrogens (tertiary/aromatic N) is 1. The molecule has 154 valence electrons. The summed E-state index contributed by atoms with van der Waals surface area (Å²) in [6.45, 7) is 0.274. The average molecular weight is 406 g/mol. The predicted molar refractivity (Wildman–Crippen MR) is 113 cm³/mol. The van der Waals surface area contributed by atoms with Gasteiger partial charge in [0.05, 0.1) is 13.3 Å². The van der Waals surface area contributed by atoms with Crippen LogP contribution >= 0.6 is 0 Å². The van der Waals surface area contributed by atoms with Gasteiger partial charge in [-0.2, -0.15) is 5.10 Å². The first-order valence-corrected chi connectivity index (χ1v) is 9.23. The summed E-state index contributed by atoms with van der Waals surface area (Å²) < 4.78 is 16.2. The molecule has 30 heavy (non-hydrogen) atoms. The predicted octanol–water partition coefficient (Wildman–Crippen LogP) is 3.51. The molecule has 0 aliphatic heterocycles. The van der Waals surface area contributed by atoms with Crippen LogP contribution in [0.2, 0.25) is 0 Å². The third-order valence-electron chi connectivity index (χ3n) is 4.09. The number of hydrazone groups is 1. The largest absolute Gasteiger partial charge is 0.504 e. The van der Waals surface area contributed by atoms with Crippen molar-refractivity contribution < 1.29 is 24.1 Å². The van der Waals surface area contributed by atoms with Crippen molar-refractivity contribution in [1.29, 1.82) is 0 Å². The van der Waals surface area contributed by atoms with E-state index in [9.17, 15) is 9.90 Å². The number of rotatable bonds is 9. The average Bonchev–Trinajstić information content (AvgIpc) is 2.79. The summed E-state index contributed by atoms with van der Waals surface area (Å²) in [4.78, 5) is 11.9. The molecule has 0 unspecified atom stereocenters. The third kappa shape index (κ3) is 6.00. The Bertz CT molecular complexity index is 988. The lowest BCUT2D eigenvalue weighted by molar-refractivity contribution is -0.123. The van der Waals surface area contributed by atoms with Crippen LogP contribution in [0.15, 0.2) is 77.9 Å². The minimum atomic E-state index is -0.432. The lowest BCUT2D eigenvalue weighted by atomic mass is 10.2. The van der Waals surface area contributed by atoms with Gasteiger partial charge in [0.1, 0.15) is 18.1 Å². The third-order valence-corrected chi connectivity index (χ3v) is 4.09. The normalized spacial score (nSPS) is 10.6. The van der Waals surface area contributed by atoms with Crippen molar-refractivity contribution in [2.75, 3.05) is 13.7 Å². The van der Waals surface area contributed by atoms with E-state index in [2.05, 4.69) is 10.5 Å². The molecule has 0 bridgehead atoms. The molecule has 0 saturated heterocycles. The molecular weight excluding hydrogens is 384 g/mol. The van der Waals surface area contributed by atoms with Crippen LogP contribution in [0.1, 0.15) is 11.1 Å². The van der Waals surface area contributed by atoms with Gasteiger partial charge in [-0.05, 0) is 42.0 Å². The Labute approximate surface area is 174 Å². The van der Waals surface area contributed by atoms with Crippen LogP contribution in [0, 0.1) is 0 Å². The second-order valence-corrected chi connectivity index (χ2v) is 6.23. The number of phenolic OH excluding ortho intramolecular Hbond substituents is 1. The van der Waals surface area contributed by atoms with Crippen LogP contribution in [0.5, 0.6) is 23.0 Å². The maximum Gasteiger partial charge on any atom is 0.277 e. The zero-order valence-corrected chi connectivity index (χ0v) is 16.4. The molecule has 0 aliphatic rings. The Morgan fingerprint density at radius 1 is 0.967 bits per heavy atom. The van der Waals surface area contributed by atoms with Crippen LogP contribution in [0.3, 0.4) is 0 Å². The van der Waals surface area contributed by atoms with Crippen molar-refractivity contribution in [2.45, 2.75) is 6.61 Å². The standard InChI is InChI=1S/C23H22N2O5/c1-28-21-9-5-8-18(23(21)27)14-24-25-22(26)16-30-20-12-10-19(11-13-20)29-15-17-6-3-2-4-7-17/h2-14,27H,15-16H2,1H3,(H,25,26)/b24-14-. The fraction of sp³-hybridized carbons (Fsp3) is 0.130. The molecule has 2 N–H and O–H groups in total. The SMILES string of the molecule is COc1cccc(/C=N\NC(=O)COc2ccc(OCc3ccccc3)cc2)c1O. The quantitative estimate of drug-likeness (QED) is 0.419. The summed E-state index contributed by atoms with van der Waals surface area (Å²) in [5, 5.41) is 13.8. The van der Waals surface area contributed by atoms with E-state index in [1.807, 2.05) is 30.3 Å². The number of amides is 1. The number of methoxy groups -OCH3 is 1. The Hall–Kier alpha value is -4.00. The second kappa shape index (κ2) is 10.5. The molecule has 0 atom stereocenters. The van der Waals surface area contributed by atoms with Crippen molar-refractivity contribution in [3.63, 3.8) is 0 Å². The van der Waals surface area contributed by atoms with E-state index < -0.39 is 5.91 Å². The number of para-hydroxylation sites is 1. The number of carbonyl (C=O) groups is 1. The number of ether oxygens (including phenoxy) is 3. The number of phenols is 1. The zero-order valence-electron chi connectivity index (χ0n) is 16.4. The number of hydrogen-bond donors (Lipinski definition) is 2. The molecule has 0 saturated carbocycles. The molecule has 0 aromatic heterocycles.